The van der Waals surface area contributed by atoms with Crippen molar-refractivity contribution >= 4 is 0 Å². The first-order valence-electron chi connectivity index (χ1n) is 3.84. The molecule has 3 rings (SSSR count). The molecular weight excluding hydrogens is 108 g/mol. The van der Waals surface area contributed by atoms with Crippen LogP contribution in [0.5, 0.6) is 0 Å². The Bertz CT molecular complexity index is 220. The summed E-state index contributed by atoms with van der Waals surface area (Å²) in [7, 11) is 0. The van der Waals surface area contributed by atoms with Gasteiger partial charge in [-0.1, -0.05) is 17.7 Å². The molecule has 0 radical (unpaired) electrons. The van der Waals surface area contributed by atoms with Gasteiger partial charge in [0.05, 0.1) is 0 Å². The van der Waals surface area contributed by atoms with Gasteiger partial charge in [0.25, 0.3) is 0 Å². The first-order chi connectivity index (χ1) is 4.45. The van der Waals surface area contributed by atoms with Crippen molar-refractivity contribution in [1.82, 2.24) is 0 Å². The third-order valence-corrected chi connectivity index (χ3v) is 3.03. The predicted octanol–water partition coefficient (Wildman–Crippen LogP) is 2.28. The summed E-state index contributed by atoms with van der Waals surface area (Å²) in [6.07, 6.45) is 8.93. The standard InChI is InChI=1S/C9H10/c1-2-6-4-8-5-7(3-1)9(6)8/h1-2,7-8H,3-5H2. The van der Waals surface area contributed by atoms with Gasteiger partial charge in [-0.25, -0.2) is 0 Å². The van der Waals surface area contributed by atoms with Crippen LogP contribution < -0.4 is 0 Å². The van der Waals surface area contributed by atoms with Gasteiger partial charge in [-0.2, -0.15) is 0 Å². The lowest BCUT2D eigenvalue weighted by Gasteiger charge is -2.50. The zero-order valence-corrected chi connectivity index (χ0v) is 5.43. The van der Waals surface area contributed by atoms with E-state index in [0.29, 0.717) is 0 Å². The van der Waals surface area contributed by atoms with E-state index in [2.05, 4.69) is 12.2 Å². The van der Waals surface area contributed by atoms with E-state index < -0.39 is 0 Å². The van der Waals surface area contributed by atoms with Gasteiger partial charge < -0.3 is 0 Å². The largest absolute Gasteiger partial charge is 0.0837 e. The summed E-state index contributed by atoms with van der Waals surface area (Å²) in [5, 5.41) is 0. The van der Waals surface area contributed by atoms with Gasteiger partial charge in [-0.3, -0.25) is 0 Å². The molecule has 2 atom stereocenters. The maximum Gasteiger partial charge on any atom is -0.0148 e. The van der Waals surface area contributed by atoms with Crippen LogP contribution in [0.15, 0.2) is 23.3 Å². The Labute approximate surface area is 55.3 Å². The van der Waals surface area contributed by atoms with Gasteiger partial charge in [0.2, 0.25) is 0 Å². The van der Waals surface area contributed by atoms with Crippen molar-refractivity contribution in [3.8, 4) is 0 Å². The Morgan fingerprint density at radius 2 is 2.33 bits per heavy atom. The smallest absolute Gasteiger partial charge is 0.0148 e. The van der Waals surface area contributed by atoms with Crippen molar-refractivity contribution in [2.45, 2.75) is 19.3 Å². The molecule has 0 heteroatoms. The van der Waals surface area contributed by atoms with Crippen LogP contribution in [0.2, 0.25) is 0 Å². The third kappa shape index (κ3) is 0.346. The van der Waals surface area contributed by atoms with Crippen molar-refractivity contribution in [3.63, 3.8) is 0 Å². The van der Waals surface area contributed by atoms with Crippen LogP contribution in [0, 0.1) is 11.8 Å². The highest BCUT2D eigenvalue weighted by Gasteiger charge is 2.43. The van der Waals surface area contributed by atoms with E-state index in [4.69, 9.17) is 0 Å². The highest BCUT2D eigenvalue weighted by Crippen LogP contribution is 2.56. The Balaban J connectivity index is 2.14. The molecule has 2 unspecified atom stereocenters. The zero-order chi connectivity index (χ0) is 5.84. The molecule has 0 bridgehead atoms. The topological polar surface area (TPSA) is 0 Å². The molecule has 3 aliphatic rings. The molecule has 9 heavy (non-hydrogen) atoms. The van der Waals surface area contributed by atoms with Crippen LogP contribution in [-0.4, -0.2) is 0 Å². The van der Waals surface area contributed by atoms with E-state index >= 15 is 0 Å². The van der Waals surface area contributed by atoms with E-state index in [-0.39, 0.29) is 0 Å². The molecule has 0 aromatic rings. The number of allylic oxidation sites excluding steroid dienone is 4. The molecule has 0 N–H and O–H groups in total. The van der Waals surface area contributed by atoms with Crippen LogP contribution in [0.4, 0.5) is 0 Å². The van der Waals surface area contributed by atoms with Crippen LogP contribution in [0.3, 0.4) is 0 Å². The first kappa shape index (κ1) is 4.32. The van der Waals surface area contributed by atoms with Crippen LogP contribution >= 0.6 is 0 Å². The maximum absolute atomic E-state index is 2.35. The van der Waals surface area contributed by atoms with Gasteiger partial charge in [0.15, 0.2) is 0 Å². The molecule has 0 amide bonds. The summed E-state index contributed by atoms with van der Waals surface area (Å²) in [6, 6.07) is 0. The van der Waals surface area contributed by atoms with E-state index in [1.807, 2.05) is 5.57 Å². The van der Waals surface area contributed by atoms with Crippen molar-refractivity contribution in [1.29, 1.82) is 0 Å². The van der Waals surface area contributed by atoms with Crippen molar-refractivity contribution in [2.24, 2.45) is 11.8 Å². The van der Waals surface area contributed by atoms with E-state index in [9.17, 15) is 0 Å². The first-order valence-corrected chi connectivity index (χ1v) is 3.84. The van der Waals surface area contributed by atoms with Gasteiger partial charge in [-0.05, 0) is 36.7 Å². The number of rotatable bonds is 0. The van der Waals surface area contributed by atoms with Crippen LogP contribution in [0.1, 0.15) is 19.3 Å². The summed E-state index contributed by atoms with van der Waals surface area (Å²) in [4.78, 5) is 0. The van der Waals surface area contributed by atoms with Gasteiger partial charge in [-0.15, -0.1) is 0 Å². The summed E-state index contributed by atoms with van der Waals surface area (Å²) in [5.74, 6) is 2.05. The van der Waals surface area contributed by atoms with Crippen LogP contribution in [0.25, 0.3) is 0 Å². The Morgan fingerprint density at radius 1 is 1.33 bits per heavy atom. The highest BCUT2D eigenvalue weighted by molar-refractivity contribution is 5.46. The molecule has 0 spiro atoms. The second-order valence-electron chi connectivity index (χ2n) is 3.45. The lowest BCUT2D eigenvalue weighted by Crippen LogP contribution is -2.37. The van der Waals surface area contributed by atoms with Gasteiger partial charge >= 0.3 is 0 Å². The van der Waals surface area contributed by atoms with Gasteiger partial charge in [0, 0.05) is 0 Å². The molecule has 1 fully saturated rings. The molecular formula is C9H10. The minimum Gasteiger partial charge on any atom is -0.0837 e. The lowest BCUT2D eigenvalue weighted by molar-refractivity contribution is 0.262. The van der Waals surface area contributed by atoms with Crippen molar-refractivity contribution < 1.29 is 0 Å². The zero-order valence-electron chi connectivity index (χ0n) is 5.43. The minimum absolute atomic E-state index is 1.00. The number of hydrogen-bond acceptors (Lipinski definition) is 0. The SMILES string of the molecule is C1=CC2=C3C(C1)CC3C2. The van der Waals surface area contributed by atoms with Crippen molar-refractivity contribution in [3.05, 3.63) is 23.3 Å². The monoisotopic (exact) mass is 118 g/mol. The predicted molar refractivity (Wildman–Crippen MR) is 37.0 cm³/mol. The number of hydrogen-bond donors (Lipinski definition) is 0. The Morgan fingerprint density at radius 3 is 3.00 bits per heavy atom. The molecule has 46 valence electrons. The molecule has 0 nitrogen and oxygen atoms in total. The minimum atomic E-state index is 1.00. The fraction of sp³-hybridized carbons (Fsp3) is 0.556. The van der Waals surface area contributed by atoms with Crippen LogP contribution in [-0.2, 0) is 0 Å². The molecule has 0 heterocycles. The molecule has 0 aromatic carbocycles. The van der Waals surface area contributed by atoms with E-state index in [1.165, 1.54) is 19.3 Å². The average molecular weight is 118 g/mol. The molecule has 0 aromatic heterocycles. The van der Waals surface area contributed by atoms with Gasteiger partial charge in [0.1, 0.15) is 0 Å². The normalized spacial score (nSPS) is 43.6. The third-order valence-electron chi connectivity index (χ3n) is 3.03. The lowest BCUT2D eigenvalue weighted by atomic mass is 9.55. The summed E-state index contributed by atoms with van der Waals surface area (Å²) < 4.78 is 0. The van der Waals surface area contributed by atoms with E-state index in [1.54, 1.807) is 5.57 Å². The molecule has 1 saturated carbocycles. The summed E-state index contributed by atoms with van der Waals surface area (Å²) in [6.45, 7) is 0. The fourth-order valence-corrected chi connectivity index (χ4v) is 2.50. The second-order valence-corrected chi connectivity index (χ2v) is 3.45. The maximum atomic E-state index is 2.35. The fourth-order valence-electron chi connectivity index (χ4n) is 2.50. The summed E-state index contributed by atoms with van der Waals surface area (Å²) in [5.41, 5.74) is 3.51. The Kier molecular flexibility index (Phi) is 0.555. The summed E-state index contributed by atoms with van der Waals surface area (Å²) >= 11 is 0. The molecule has 3 aliphatic carbocycles. The molecule has 0 aliphatic heterocycles. The quantitative estimate of drug-likeness (QED) is 0.457. The molecule has 0 saturated heterocycles. The highest BCUT2D eigenvalue weighted by atomic mass is 14.5. The van der Waals surface area contributed by atoms with E-state index in [0.717, 1.165) is 11.8 Å². The second kappa shape index (κ2) is 1.16. The Hall–Kier alpha value is -0.520. The van der Waals surface area contributed by atoms with Crippen molar-refractivity contribution in [2.75, 3.05) is 0 Å². The average Bonchev–Trinajstić information content (AvgIpc) is 1.73.